The summed E-state index contributed by atoms with van der Waals surface area (Å²) < 4.78 is 21.2. The number of aryl methyl sites for hydroxylation is 4. The minimum atomic E-state index is -3.01. The maximum atomic E-state index is 12.4. The smallest absolute Gasteiger partial charge is 0.220 e. The lowest BCUT2D eigenvalue weighted by Gasteiger charge is -2.29. The van der Waals surface area contributed by atoms with Gasteiger partial charge in [-0.05, 0) is 104 Å². The van der Waals surface area contributed by atoms with Gasteiger partial charge in [0, 0.05) is 70.6 Å². The first kappa shape index (κ1) is 69.5. The van der Waals surface area contributed by atoms with Crippen LogP contribution in [0.15, 0.2) is 73.1 Å². The van der Waals surface area contributed by atoms with Crippen LogP contribution in [0.5, 0.6) is 11.5 Å². The van der Waals surface area contributed by atoms with E-state index in [-0.39, 0.29) is 44.9 Å². The van der Waals surface area contributed by atoms with Gasteiger partial charge < -0.3 is 76.4 Å². The molecule has 2 aromatic carbocycles. The Balaban J connectivity index is 0.000000621. The lowest BCUT2D eigenvalue weighted by molar-refractivity contribution is -0.121. The minimum Gasteiger partial charge on any atom is -0.491 e. The van der Waals surface area contributed by atoms with Crippen LogP contribution in [-0.2, 0) is 37.5 Å². The summed E-state index contributed by atoms with van der Waals surface area (Å²) in [4.78, 5) is 103. The highest BCUT2D eigenvalue weighted by Gasteiger charge is 2.43. The summed E-state index contributed by atoms with van der Waals surface area (Å²) in [5.74, 6) is 1.66. The second-order valence-electron chi connectivity index (χ2n) is 17.4. The van der Waals surface area contributed by atoms with Crippen molar-refractivity contribution in [3.8, 4) is 11.5 Å². The third-order valence-corrected chi connectivity index (χ3v) is 14.5. The number of hydrogen-bond donors (Lipinski definition) is 11. The number of aldehydes is 4. The van der Waals surface area contributed by atoms with Gasteiger partial charge in [0.1, 0.15) is 53.1 Å². The number of nitrogens with two attached hydrogens (primary N) is 3. The third kappa shape index (κ3) is 20.0. The Morgan fingerprint density at radius 3 is 1.58 bits per heavy atom. The molecule has 0 aliphatic carbocycles. The Labute approximate surface area is 483 Å². The van der Waals surface area contributed by atoms with Crippen LogP contribution in [0.2, 0.25) is 0 Å². The van der Waals surface area contributed by atoms with Crippen molar-refractivity contribution in [3.05, 3.63) is 107 Å². The highest BCUT2D eigenvalue weighted by atomic mass is 31.2. The standard InChI is InChI=1S/C37H48N10O10P2.2C7H10N2O.2CH5N/c1-39-35-43-28-17-25(23-48)19-30(56-15-6-5-12-45-22-27(38)21-42-45)33(28)46(35)13-3-4-14-47-34-29(44-36(47)40-2)18-26(24-49)20-31(34)57-16-7-9-32(50)41-11-8-10-37(51,58(52)53)59(54)55;2*1-3-9-7(5-10)4-6(2)8-9;2*1-2/h3-6,17-24,51-55H,7-16,38H2,1-2H3,(H,39,43)(H,40,44)(H,41,50);2*4-5H,3H2,1-2H3;2*2H2,1H3/b4-3+,6-5+;;;;. The average Bonchev–Trinajstić information content (AvgIpc) is 4.54. The van der Waals surface area contributed by atoms with Crippen molar-refractivity contribution in [1.82, 2.24) is 53.8 Å². The molecule has 0 atom stereocenters. The molecule has 0 unspecified atom stereocenters. The first-order valence-corrected chi connectivity index (χ1v) is 28.6. The number of nitrogen functional groups attached to an aromatic ring is 1. The van der Waals surface area contributed by atoms with Gasteiger partial charge in [-0.25, -0.2) is 9.97 Å². The summed E-state index contributed by atoms with van der Waals surface area (Å²) in [7, 11) is 0.477. The number of anilines is 3. The number of allylic oxidation sites excluding steroid dienone is 3. The van der Waals surface area contributed by atoms with Crippen LogP contribution in [0.4, 0.5) is 17.6 Å². The van der Waals surface area contributed by atoms with Gasteiger partial charge >= 0.3 is 0 Å². The summed E-state index contributed by atoms with van der Waals surface area (Å²) in [6, 6.07) is 10.2. The molecule has 0 saturated carbocycles. The average molecular weight is 1190 g/mol. The molecule has 0 aliphatic heterocycles. The van der Waals surface area contributed by atoms with E-state index in [0.29, 0.717) is 106 Å². The van der Waals surface area contributed by atoms with Gasteiger partial charge in [0.25, 0.3) is 0 Å². The van der Waals surface area contributed by atoms with E-state index < -0.39 is 21.8 Å². The Kier molecular flexibility index (Phi) is 30.1. The van der Waals surface area contributed by atoms with E-state index in [1.54, 1.807) is 76.9 Å². The predicted octanol–water partition coefficient (Wildman–Crippen LogP) is 4.26. The number of aliphatic hydroxyl groups is 1. The van der Waals surface area contributed by atoms with E-state index in [2.05, 4.69) is 47.7 Å². The molecule has 83 heavy (non-hydrogen) atoms. The van der Waals surface area contributed by atoms with Gasteiger partial charge in [-0.2, -0.15) is 15.3 Å². The molecular formula is C53H78N16O12P2. The first-order valence-electron chi connectivity index (χ1n) is 26.1. The van der Waals surface area contributed by atoms with Crippen LogP contribution in [0.3, 0.4) is 0 Å². The number of nitrogens with zero attached hydrogens (tertiary/aromatic N) is 10. The van der Waals surface area contributed by atoms with Crippen LogP contribution in [-0.4, -0.2) is 157 Å². The molecule has 0 aliphatic rings. The lowest BCUT2D eigenvalue weighted by Crippen LogP contribution is -2.28. The second kappa shape index (κ2) is 35.9. The fourth-order valence-electron chi connectivity index (χ4n) is 7.99. The molecule has 7 rings (SSSR count). The Morgan fingerprint density at radius 2 is 1.17 bits per heavy atom. The summed E-state index contributed by atoms with van der Waals surface area (Å²) in [5.41, 5.74) is 21.6. The quantitative estimate of drug-likeness (QED) is 0.0141. The summed E-state index contributed by atoms with van der Waals surface area (Å²) >= 11 is 0. The normalized spacial score (nSPS) is 11.1. The molecule has 0 saturated heterocycles. The van der Waals surface area contributed by atoms with Crippen molar-refractivity contribution in [2.75, 3.05) is 64.3 Å². The zero-order chi connectivity index (χ0) is 61.6. The van der Waals surface area contributed by atoms with Crippen LogP contribution >= 0.6 is 16.8 Å². The maximum absolute atomic E-state index is 12.4. The monoisotopic (exact) mass is 1190 g/mol. The number of imidazole rings is 2. The third-order valence-electron chi connectivity index (χ3n) is 11.7. The van der Waals surface area contributed by atoms with Crippen molar-refractivity contribution in [2.24, 2.45) is 11.5 Å². The van der Waals surface area contributed by atoms with Crippen molar-refractivity contribution < 1.29 is 58.1 Å². The molecule has 5 aromatic heterocycles. The second-order valence-corrected chi connectivity index (χ2v) is 20.4. The molecule has 452 valence electrons. The first-order chi connectivity index (χ1) is 40.0. The van der Waals surface area contributed by atoms with Gasteiger partial charge in [-0.15, -0.1) is 0 Å². The Bertz CT molecular complexity index is 3160. The Morgan fingerprint density at radius 1 is 0.687 bits per heavy atom. The topological polar surface area (TPSA) is 408 Å². The molecule has 14 N–H and O–H groups in total. The van der Waals surface area contributed by atoms with E-state index in [1.807, 2.05) is 61.1 Å². The number of carbonyl (C=O) groups is 5. The molecule has 7 aromatic rings. The largest absolute Gasteiger partial charge is 0.491 e. The number of amides is 1. The summed E-state index contributed by atoms with van der Waals surface area (Å²) in [5, 5.41) is 28.9. The molecule has 30 heteroatoms. The molecule has 1 amide bonds. The summed E-state index contributed by atoms with van der Waals surface area (Å²) in [6.07, 6.45) is 14.2. The van der Waals surface area contributed by atoms with Gasteiger partial charge in [0.05, 0.1) is 47.5 Å². The Hall–Kier alpha value is -7.78. The van der Waals surface area contributed by atoms with Crippen molar-refractivity contribution >= 4 is 87.5 Å². The van der Waals surface area contributed by atoms with Crippen LogP contribution < -0.4 is 42.6 Å². The number of ether oxygens (including phenoxy) is 2. The van der Waals surface area contributed by atoms with E-state index >= 15 is 0 Å². The van der Waals surface area contributed by atoms with E-state index in [9.17, 15) is 48.7 Å². The van der Waals surface area contributed by atoms with Gasteiger partial charge in [-0.3, -0.25) is 38.0 Å². The van der Waals surface area contributed by atoms with Crippen LogP contribution in [0.1, 0.15) is 92.6 Å². The molecule has 0 bridgehead atoms. The predicted molar refractivity (Wildman–Crippen MR) is 321 cm³/mol. The summed E-state index contributed by atoms with van der Waals surface area (Å²) in [6.45, 7) is 10.9. The molecule has 0 radical (unpaired) electrons. The van der Waals surface area contributed by atoms with Crippen molar-refractivity contribution in [1.29, 1.82) is 0 Å². The highest BCUT2D eigenvalue weighted by Crippen LogP contribution is 2.60. The molecule has 28 nitrogen and oxygen atoms in total. The molecule has 0 spiro atoms. The lowest BCUT2D eigenvalue weighted by atomic mass is 10.2. The SMILES string of the molecule is CCn1nc(C)cc1C=O.CCn1nc(C)cc1C=O.CN.CN.CNc1nc2cc(C=O)cc(OC/C=C/Cn3cc(N)cn3)c2n1C/C=C/Cn1c(NC)nc2cc(C=O)cc(OCCCC(=O)NCCCC(O)(P(O)O)P(O)O)c21. The van der Waals surface area contributed by atoms with Crippen LogP contribution in [0, 0.1) is 13.8 Å². The number of aromatic nitrogens is 10. The van der Waals surface area contributed by atoms with Gasteiger partial charge in [-0.1, -0.05) is 18.2 Å². The fourth-order valence-corrected chi connectivity index (χ4v) is 9.34. The zero-order valence-electron chi connectivity index (χ0n) is 47.9. The van der Waals surface area contributed by atoms with E-state index in [0.717, 1.165) is 43.3 Å². The number of benzene rings is 2. The van der Waals surface area contributed by atoms with Gasteiger partial charge in [0.15, 0.2) is 12.6 Å². The minimum absolute atomic E-state index is 0.0710. The molecule has 0 fully saturated rings. The fraction of sp³-hybridized carbons (Fsp3) is 0.396. The number of carbonyl (C=O) groups excluding carboxylic acids is 5. The van der Waals surface area contributed by atoms with E-state index in [1.165, 1.54) is 14.1 Å². The molecular weight excluding hydrogens is 1110 g/mol. The number of fused-ring (bicyclic) bond motifs is 2. The molecule has 5 heterocycles. The van der Waals surface area contributed by atoms with E-state index in [4.69, 9.17) is 20.2 Å². The van der Waals surface area contributed by atoms with Gasteiger partial charge in [0.2, 0.25) is 39.6 Å². The zero-order valence-corrected chi connectivity index (χ0v) is 49.7. The number of nitrogens with one attached hydrogen (secondary N) is 3. The highest BCUT2D eigenvalue weighted by molar-refractivity contribution is 7.65. The van der Waals surface area contributed by atoms with Crippen LogP contribution in [0.25, 0.3) is 22.1 Å². The number of rotatable bonds is 28. The maximum Gasteiger partial charge on any atom is 0.220 e. The van der Waals surface area contributed by atoms with Crippen molar-refractivity contribution in [2.45, 2.75) is 91.2 Å². The number of hydrogen-bond acceptors (Lipinski definition) is 22. The van der Waals surface area contributed by atoms with Crippen molar-refractivity contribution in [3.63, 3.8) is 0 Å².